The third-order valence-corrected chi connectivity index (χ3v) is 3.55. The molecule has 0 spiro atoms. The van der Waals surface area contributed by atoms with Gasteiger partial charge in [0.15, 0.2) is 5.78 Å². The third-order valence-electron chi connectivity index (χ3n) is 3.55. The number of ketones is 1. The van der Waals surface area contributed by atoms with Crippen LogP contribution in [0.1, 0.15) is 13.8 Å². The van der Waals surface area contributed by atoms with Crippen molar-refractivity contribution in [2.45, 2.75) is 13.8 Å². The second-order valence-electron chi connectivity index (χ2n) is 5.87. The summed E-state index contributed by atoms with van der Waals surface area (Å²) in [6.07, 6.45) is -0.532. The number of ether oxygens (including phenoxy) is 2. The van der Waals surface area contributed by atoms with Crippen molar-refractivity contribution in [3.63, 3.8) is 0 Å². The average molecular weight is 374 g/mol. The van der Waals surface area contributed by atoms with Crippen LogP contribution in [0.2, 0.25) is 0 Å². The molecule has 9 nitrogen and oxygen atoms in total. The number of benzene rings is 1. The minimum Gasteiger partial charge on any atom is -0.506 e. The van der Waals surface area contributed by atoms with Gasteiger partial charge in [-0.15, -0.1) is 0 Å². The van der Waals surface area contributed by atoms with E-state index in [4.69, 9.17) is 4.74 Å². The molecule has 9 heteroatoms. The van der Waals surface area contributed by atoms with Gasteiger partial charge in [0.25, 0.3) is 0 Å². The number of carbonyl (C=O) groups is 4. The van der Waals surface area contributed by atoms with Crippen molar-refractivity contribution in [1.29, 1.82) is 0 Å². The Balaban J connectivity index is 2.28. The molecule has 27 heavy (non-hydrogen) atoms. The monoisotopic (exact) mass is 374 g/mol. The summed E-state index contributed by atoms with van der Waals surface area (Å²) in [5.74, 6) is -3.39. The molecule has 0 saturated carbocycles. The molecule has 1 heterocycles. The maximum absolute atomic E-state index is 11.9. The molecule has 0 saturated heterocycles. The highest BCUT2D eigenvalue weighted by Crippen LogP contribution is 2.26. The molecule has 1 aromatic rings. The molecule has 142 valence electrons. The summed E-state index contributed by atoms with van der Waals surface area (Å²) < 4.78 is 9.60. The Kier molecular flexibility index (Phi) is 5.64. The van der Waals surface area contributed by atoms with Gasteiger partial charge in [0.05, 0.1) is 0 Å². The number of nitrogens with one attached hydrogen (secondary N) is 1. The van der Waals surface area contributed by atoms with Gasteiger partial charge in [-0.2, -0.15) is 0 Å². The zero-order valence-corrected chi connectivity index (χ0v) is 15.2. The van der Waals surface area contributed by atoms with Gasteiger partial charge in [-0.05, 0) is 38.1 Å². The standard InChI is InChI=1S/C18H18N2O7/c1-9(13-15(22)14(10(2)21)17(24)27-16(13)23)19-11-5-7-12(8-6-11)26-18(25)20(3)4/h5-8,19,22H,1-4H3. The van der Waals surface area contributed by atoms with Crippen molar-refractivity contribution >= 4 is 29.5 Å². The molecule has 0 fully saturated rings. The van der Waals surface area contributed by atoms with Crippen LogP contribution in [0.3, 0.4) is 0 Å². The van der Waals surface area contributed by atoms with Crippen molar-refractivity contribution in [2.75, 3.05) is 19.4 Å². The van der Waals surface area contributed by atoms with E-state index in [0.717, 1.165) is 6.92 Å². The number of hydrogen-bond acceptors (Lipinski definition) is 8. The van der Waals surface area contributed by atoms with E-state index in [1.54, 1.807) is 26.2 Å². The molecular formula is C18H18N2O7. The molecule has 1 amide bonds. The number of aliphatic hydroxyl groups is 1. The first-order chi connectivity index (χ1) is 12.6. The van der Waals surface area contributed by atoms with Crippen LogP contribution in [0, 0.1) is 0 Å². The molecule has 0 radical (unpaired) electrons. The number of nitrogens with zero attached hydrogens (tertiary/aromatic N) is 1. The van der Waals surface area contributed by atoms with Crippen molar-refractivity contribution in [3.8, 4) is 5.75 Å². The van der Waals surface area contributed by atoms with E-state index in [1.165, 1.54) is 24.0 Å². The fourth-order valence-electron chi connectivity index (χ4n) is 2.22. The highest BCUT2D eigenvalue weighted by atomic mass is 16.6. The second-order valence-corrected chi connectivity index (χ2v) is 5.87. The lowest BCUT2D eigenvalue weighted by atomic mass is 10.0. The van der Waals surface area contributed by atoms with Crippen LogP contribution >= 0.6 is 0 Å². The maximum atomic E-state index is 11.9. The lowest BCUT2D eigenvalue weighted by Gasteiger charge is -2.18. The molecule has 0 atom stereocenters. The van der Waals surface area contributed by atoms with Crippen LogP contribution in [0.25, 0.3) is 0 Å². The zero-order valence-electron chi connectivity index (χ0n) is 15.2. The number of rotatable bonds is 4. The van der Waals surface area contributed by atoms with Crippen LogP contribution in [0.15, 0.2) is 46.9 Å². The van der Waals surface area contributed by atoms with Crippen LogP contribution in [-0.2, 0) is 19.1 Å². The number of amides is 1. The Hall–Kier alpha value is -3.62. The Morgan fingerprint density at radius 1 is 1.07 bits per heavy atom. The number of Topliss-reactive ketones (excluding diaryl/α,β-unsaturated/α-hetero) is 1. The molecule has 0 aromatic heterocycles. The van der Waals surface area contributed by atoms with E-state index in [-0.39, 0.29) is 11.3 Å². The van der Waals surface area contributed by atoms with Crippen molar-refractivity contribution < 1.29 is 33.8 Å². The van der Waals surface area contributed by atoms with Gasteiger partial charge in [0, 0.05) is 25.5 Å². The summed E-state index contributed by atoms with van der Waals surface area (Å²) in [7, 11) is 3.11. The summed E-state index contributed by atoms with van der Waals surface area (Å²) in [6.45, 7) is 2.55. The summed E-state index contributed by atoms with van der Waals surface area (Å²) in [5, 5.41) is 13.0. The third kappa shape index (κ3) is 4.32. The largest absolute Gasteiger partial charge is 0.506 e. The van der Waals surface area contributed by atoms with E-state index >= 15 is 0 Å². The first-order valence-electron chi connectivity index (χ1n) is 7.80. The van der Waals surface area contributed by atoms with Gasteiger partial charge < -0.3 is 24.8 Å². The van der Waals surface area contributed by atoms with Crippen LogP contribution < -0.4 is 10.1 Å². The Morgan fingerprint density at radius 2 is 1.67 bits per heavy atom. The van der Waals surface area contributed by atoms with E-state index < -0.39 is 35.1 Å². The van der Waals surface area contributed by atoms with Gasteiger partial charge in [0.1, 0.15) is 22.7 Å². The second kappa shape index (κ2) is 7.73. The van der Waals surface area contributed by atoms with E-state index in [9.17, 15) is 24.3 Å². The van der Waals surface area contributed by atoms with Crippen molar-refractivity contribution in [3.05, 3.63) is 46.9 Å². The highest BCUT2D eigenvalue weighted by molar-refractivity contribution is 6.23. The van der Waals surface area contributed by atoms with Crippen molar-refractivity contribution in [1.82, 2.24) is 4.90 Å². The Morgan fingerprint density at radius 3 is 2.19 bits per heavy atom. The molecule has 2 rings (SSSR count). The number of carbonyl (C=O) groups excluding carboxylic acids is 4. The first-order valence-corrected chi connectivity index (χ1v) is 7.80. The normalized spacial score (nSPS) is 15.9. The van der Waals surface area contributed by atoms with Crippen LogP contribution in [0.4, 0.5) is 10.5 Å². The predicted octanol–water partition coefficient (Wildman–Crippen LogP) is 1.92. The number of anilines is 1. The number of aliphatic hydroxyl groups excluding tert-OH is 1. The fraction of sp³-hybridized carbons (Fsp3) is 0.222. The fourth-order valence-corrected chi connectivity index (χ4v) is 2.22. The Bertz CT molecular complexity index is 879. The maximum Gasteiger partial charge on any atom is 0.414 e. The molecule has 0 unspecified atom stereocenters. The first kappa shape index (κ1) is 19.7. The molecule has 0 bridgehead atoms. The number of cyclic esters (lactones) is 2. The van der Waals surface area contributed by atoms with Gasteiger partial charge in [0.2, 0.25) is 0 Å². The van der Waals surface area contributed by atoms with E-state index in [2.05, 4.69) is 10.1 Å². The zero-order chi connectivity index (χ0) is 20.3. The highest BCUT2D eigenvalue weighted by Gasteiger charge is 2.36. The van der Waals surface area contributed by atoms with Gasteiger partial charge in [-0.1, -0.05) is 0 Å². The number of allylic oxidation sites excluding steroid dienone is 1. The smallest absolute Gasteiger partial charge is 0.414 e. The quantitative estimate of drug-likeness (QED) is 0.355. The topological polar surface area (TPSA) is 122 Å². The summed E-state index contributed by atoms with van der Waals surface area (Å²) in [5.41, 5.74) is -0.229. The molecule has 0 aliphatic carbocycles. The summed E-state index contributed by atoms with van der Waals surface area (Å²) in [4.78, 5) is 47.8. The molecule has 1 aliphatic heterocycles. The Labute approximate surface area is 154 Å². The molecular weight excluding hydrogens is 356 g/mol. The van der Waals surface area contributed by atoms with Gasteiger partial charge >= 0.3 is 18.0 Å². The minimum atomic E-state index is -1.19. The van der Waals surface area contributed by atoms with Gasteiger partial charge in [-0.25, -0.2) is 14.4 Å². The lowest BCUT2D eigenvalue weighted by molar-refractivity contribution is -0.155. The van der Waals surface area contributed by atoms with Gasteiger partial charge in [-0.3, -0.25) is 4.79 Å². The molecule has 2 N–H and O–H groups in total. The van der Waals surface area contributed by atoms with Crippen molar-refractivity contribution in [2.24, 2.45) is 0 Å². The van der Waals surface area contributed by atoms with Crippen LogP contribution in [0.5, 0.6) is 5.75 Å². The van der Waals surface area contributed by atoms with Crippen LogP contribution in [-0.4, -0.2) is 47.9 Å². The lowest BCUT2D eigenvalue weighted by Crippen LogP contribution is -2.29. The van der Waals surface area contributed by atoms with E-state index in [0.29, 0.717) is 11.4 Å². The number of esters is 2. The molecule has 1 aromatic carbocycles. The minimum absolute atomic E-state index is 0.168. The predicted molar refractivity (Wildman–Crippen MR) is 93.9 cm³/mol. The van der Waals surface area contributed by atoms with E-state index in [1.807, 2.05) is 0 Å². The summed E-state index contributed by atoms with van der Waals surface area (Å²) in [6, 6.07) is 6.21. The summed E-state index contributed by atoms with van der Waals surface area (Å²) >= 11 is 0. The SMILES string of the molecule is CC(=O)C1=C(O)C(=C(C)Nc2ccc(OC(=O)N(C)C)cc2)C(=O)OC1=O. The number of hydrogen-bond donors (Lipinski definition) is 2. The molecule has 1 aliphatic rings. The average Bonchev–Trinajstić information content (AvgIpc) is 2.55.